The van der Waals surface area contributed by atoms with Gasteiger partial charge in [0, 0.05) is 16.3 Å². The second-order valence-corrected chi connectivity index (χ2v) is 7.93. The van der Waals surface area contributed by atoms with Gasteiger partial charge < -0.3 is 4.42 Å². The van der Waals surface area contributed by atoms with Crippen molar-refractivity contribution in [3.63, 3.8) is 0 Å². The Morgan fingerprint density at radius 2 is 2.00 bits per heavy atom. The summed E-state index contributed by atoms with van der Waals surface area (Å²) in [6, 6.07) is 12.3. The van der Waals surface area contributed by atoms with E-state index in [1.807, 2.05) is 24.3 Å². The first-order valence-electron chi connectivity index (χ1n) is 7.12. The average Bonchev–Trinajstić information content (AvgIpc) is 3.11. The minimum Gasteiger partial charge on any atom is -0.446 e. The largest absolute Gasteiger partial charge is 0.446 e. The molecule has 0 N–H and O–H groups in total. The summed E-state index contributed by atoms with van der Waals surface area (Å²) >= 11 is 8.51. The molecule has 2 heterocycles. The fourth-order valence-electron chi connectivity index (χ4n) is 2.22. The van der Waals surface area contributed by atoms with Gasteiger partial charge >= 0.3 is 0 Å². The number of furan rings is 1. The zero-order chi connectivity index (χ0) is 16.4. The van der Waals surface area contributed by atoms with E-state index in [1.54, 1.807) is 11.8 Å². The van der Waals surface area contributed by atoms with E-state index in [9.17, 15) is 0 Å². The molecule has 120 valence electrons. The normalized spacial score (nSPS) is 11.3. The average molecular weight is 457 g/mol. The van der Waals surface area contributed by atoms with Gasteiger partial charge in [0.1, 0.15) is 0 Å². The standard InChI is InChI=1S/C16H15Br2N3OS/c1-10(2)21-15(13-6-7-14(18)22-13)19-20-16(21)23-9-11-4-3-5-12(17)8-11/h3-8,10H,9H2,1-2H3. The molecule has 0 aliphatic carbocycles. The number of nitrogens with zero attached hydrogens (tertiary/aromatic N) is 3. The van der Waals surface area contributed by atoms with Crippen LogP contribution in [0.5, 0.6) is 0 Å². The second kappa shape index (κ2) is 7.23. The maximum Gasteiger partial charge on any atom is 0.200 e. The van der Waals surface area contributed by atoms with Crippen molar-refractivity contribution in [3.8, 4) is 11.6 Å². The lowest BCUT2D eigenvalue weighted by atomic mass is 10.2. The Morgan fingerprint density at radius 3 is 2.65 bits per heavy atom. The van der Waals surface area contributed by atoms with Crippen LogP contribution in [0.1, 0.15) is 25.5 Å². The number of hydrogen-bond donors (Lipinski definition) is 0. The van der Waals surface area contributed by atoms with Gasteiger partial charge in [-0.15, -0.1) is 10.2 Å². The van der Waals surface area contributed by atoms with E-state index in [-0.39, 0.29) is 6.04 Å². The first-order chi connectivity index (χ1) is 11.0. The van der Waals surface area contributed by atoms with Crippen molar-refractivity contribution in [2.24, 2.45) is 0 Å². The molecule has 0 bridgehead atoms. The van der Waals surface area contributed by atoms with Crippen LogP contribution in [-0.4, -0.2) is 14.8 Å². The number of benzene rings is 1. The van der Waals surface area contributed by atoms with E-state index >= 15 is 0 Å². The summed E-state index contributed by atoms with van der Waals surface area (Å²) in [6.45, 7) is 4.24. The van der Waals surface area contributed by atoms with E-state index in [0.717, 1.165) is 21.2 Å². The molecule has 0 radical (unpaired) electrons. The molecule has 0 amide bonds. The monoisotopic (exact) mass is 455 g/mol. The highest BCUT2D eigenvalue weighted by atomic mass is 79.9. The van der Waals surface area contributed by atoms with Crippen molar-refractivity contribution in [2.75, 3.05) is 0 Å². The smallest absolute Gasteiger partial charge is 0.200 e. The predicted octanol–water partition coefficient (Wildman–Crippen LogP) is 5.94. The highest BCUT2D eigenvalue weighted by molar-refractivity contribution is 9.10. The molecule has 0 aliphatic heterocycles. The van der Waals surface area contributed by atoms with E-state index in [0.29, 0.717) is 10.4 Å². The summed E-state index contributed by atoms with van der Waals surface area (Å²) in [5.74, 6) is 2.31. The number of aromatic nitrogens is 3. The lowest BCUT2D eigenvalue weighted by Crippen LogP contribution is -2.04. The van der Waals surface area contributed by atoms with Gasteiger partial charge in [-0.3, -0.25) is 4.57 Å². The molecule has 3 rings (SSSR count). The molecule has 3 aromatic rings. The molecule has 0 saturated carbocycles. The molecular weight excluding hydrogens is 442 g/mol. The second-order valence-electron chi connectivity index (χ2n) is 5.29. The summed E-state index contributed by atoms with van der Waals surface area (Å²) in [7, 11) is 0. The van der Waals surface area contributed by atoms with Crippen LogP contribution in [-0.2, 0) is 5.75 Å². The molecule has 1 aromatic carbocycles. The SMILES string of the molecule is CC(C)n1c(SCc2cccc(Br)c2)nnc1-c1ccc(Br)o1. The van der Waals surface area contributed by atoms with Crippen LogP contribution in [0, 0.1) is 0 Å². The van der Waals surface area contributed by atoms with Gasteiger partial charge in [0.25, 0.3) is 0 Å². The first-order valence-corrected chi connectivity index (χ1v) is 9.69. The van der Waals surface area contributed by atoms with Crippen molar-refractivity contribution >= 4 is 43.6 Å². The van der Waals surface area contributed by atoms with Crippen LogP contribution in [0.2, 0.25) is 0 Å². The number of thioether (sulfide) groups is 1. The molecule has 4 nitrogen and oxygen atoms in total. The van der Waals surface area contributed by atoms with Gasteiger partial charge in [0.15, 0.2) is 15.6 Å². The molecule has 0 fully saturated rings. The van der Waals surface area contributed by atoms with Gasteiger partial charge in [0.2, 0.25) is 5.82 Å². The summed E-state index contributed by atoms with van der Waals surface area (Å²) in [4.78, 5) is 0. The van der Waals surface area contributed by atoms with E-state index < -0.39 is 0 Å². The Hall–Kier alpha value is -1.05. The predicted molar refractivity (Wildman–Crippen MR) is 99.5 cm³/mol. The summed E-state index contributed by atoms with van der Waals surface area (Å²) < 4.78 is 9.51. The third kappa shape index (κ3) is 3.89. The molecule has 0 unspecified atom stereocenters. The minimum absolute atomic E-state index is 0.244. The first kappa shape index (κ1) is 16.8. The van der Waals surface area contributed by atoms with Gasteiger partial charge in [-0.2, -0.15) is 0 Å². The highest BCUT2D eigenvalue weighted by Crippen LogP contribution is 2.31. The molecule has 0 aliphatic rings. The van der Waals surface area contributed by atoms with Crippen LogP contribution in [0.4, 0.5) is 0 Å². The molecule has 2 aromatic heterocycles. The van der Waals surface area contributed by atoms with Gasteiger partial charge in [-0.1, -0.05) is 39.8 Å². The molecule has 23 heavy (non-hydrogen) atoms. The van der Waals surface area contributed by atoms with Crippen molar-refractivity contribution < 1.29 is 4.42 Å². The van der Waals surface area contributed by atoms with Crippen LogP contribution >= 0.6 is 43.6 Å². The lowest BCUT2D eigenvalue weighted by Gasteiger charge is -2.12. The Bertz CT molecular complexity index is 813. The van der Waals surface area contributed by atoms with Crippen LogP contribution in [0.15, 0.2) is 55.1 Å². The zero-order valence-electron chi connectivity index (χ0n) is 12.7. The minimum atomic E-state index is 0.244. The fraction of sp³-hybridized carbons (Fsp3) is 0.250. The molecule has 0 spiro atoms. The van der Waals surface area contributed by atoms with Crippen molar-refractivity contribution in [1.82, 2.24) is 14.8 Å². The van der Waals surface area contributed by atoms with E-state index in [2.05, 4.69) is 72.6 Å². The zero-order valence-corrected chi connectivity index (χ0v) is 16.7. The van der Waals surface area contributed by atoms with Crippen LogP contribution in [0.3, 0.4) is 0 Å². The van der Waals surface area contributed by atoms with Crippen molar-refractivity contribution in [3.05, 3.63) is 51.1 Å². The van der Waals surface area contributed by atoms with Crippen LogP contribution in [0.25, 0.3) is 11.6 Å². The number of halogens is 2. The van der Waals surface area contributed by atoms with Crippen molar-refractivity contribution in [1.29, 1.82) is 0 Å². The van der Waals surface area contributed by atoms with Crippen molar-refractivity contribution in [2.45, 2.75) is 30.8 Å². The van der Waals surface area contributed by atoms with E-state index in [1.165, 1.54) is 5.56 Å². The summed E-state index contributed by atoms with van der Waals surface area (Å²) in [6.07, 6.45) is 0. The Kier molecular flexibility index (Phi) is 5.28. The number of rotatable bonds is 5. The Balaban J connectivity index is 1.86. The molecule has 7 heteroatoms. The summed E-state index contributed by atoms with van der Waals surface area (Å²) in [5, 5.41) is 9.56. The summed E-state index contributed by atoms with van der Waals surface area (Å²) in [5.41, 5.74) is 1.24. The number of hydrogen-bond acceptors (Lipinski definition) is 4. The topological polar surface area (TPSA) is 43.9 Å². The highest BCUT2D eigenvalue weighted by Gasteiger charge is 2.19. The third-order valence-electron chi connectivity index (χ3n) is 3.23. The van der Waals surface area contributed by atoms with Gasteiger partial charge in [-0.25, -0.2) is 0 Å². The fourth-order valence-corrected chi connectivity index (χ4v) is 3.98. The molecule has 0 saturated heterocycles. The van der Waals surface area contributed by atoms with Gasteiger partial charge in [0.05, 0.1) is 0 Å². The van der Waals surface area contributed by atoms with E-state index in [4.69, 9.17) is 4.42 Å². The quantitative estimate of drug-likeness (QED) is 0.446. The Morgan fingerprint density at radius 1 is 1.17 bits per heavy atom. The maximum absolute atomic E-state index is 5.63. The maximum atomic E-state index is 5.63. The Labute approximate surface area is 155 Å². The molecular formula is C16H15Br2N3OS. The molecule has 0 atom stereocenters. The lowest BCUT2D eigenvalue weighted by molar-refractivity contribution is 0.519. The van der Waals surface area contributed by atoms with Gasteiger partial charge in [-0.05, 0) is 59.6 Å². The van der Waals surface area contributed by atoms with Crippen LogP contribution < -0.4 is 0 Å². The third-order valence-corrected chi connectivity index (χ3v) is 5.17.